The number of amides is 3. The Morgan fingerprint density at radius 3 is 2.49 bits per heavy atom. The second-order valence-electron chi connectivity index (χ2n) is 10.4. The predicted molar refractivity (Wildman–Crippen MR) is 143 cm³/mol. The fourth-order valence-electron chi connectivity index (χ4n) is 4.91. The van der Waals surface area contributed by atoms with E-state index in [2.05, 4.69) is 15.6 Å². The number of nitrogens with two attached hydrogens (primary N) is 1. The summed E-state index contributed by atoms with van der Waals surface area (Å²) < 4.78 is 0. The number of aliphatic carboxylic acids is 2. The number of fused-ring (bicyclic) bond motifs is 1. The third kappa shape index (κ3) is 7.79. The largest absolute Gasteiger partial charge is 0.481 e. The van der Waals surface area contributed by atoms with Gasteiger partial charge >= 0.3 is 11.9 Å². The molecule has 1 aliphatic rings. The molecule has 1 aromatic carbocycles. The summed E-state index contributed by atoms with van der Waals surface area (Å²) in [4.78, 5) is 66.8. The molecule has 3 rings (SSSR count). The van der Waals surface area contributed by atoms with Gasteiger partial charge < -0.3 is 36.5 Å². The summed E-state index contributed by atoms with van der Waals surface area (Å²) in [7, 11) is 0. The smallest absolute Gasteiger partial charge is 0.326 e. The molecule has 1 fully saturated rings. The molecule has 7 N–H and O–H groups in total. The van der Waals surface area contributed by atoms with Gasteiger partial charge in [0.25, 0.3) is 0 Å². The van der Waals surface area contributed by atoms with Gasteiger partial charge in [-0.3, -0.25) is 19.2 Å². The van der Waals surface area contributed by atoms with Crippen molar-refractivity contribution in [1.29, 1.82) is 0 Å². The fourth-order valence-corrected chi connectivity index (χ4v) is 4.91. The number of carbonyl (C=O) groups excluding carboxylic acids is 3. The minimum absolute atomic E-state index is 0.0232. The molecule has 1 aromatic heterocycles. The van der Waals surface area contributed by atoms with E-state index in [0.717, 1.165) is 16.5 Å². The molecule has 0 bridgehead atoms. The molecule has 2 heterocycles. The third-order valence-corrected chi connectivity index (χ3v) is 6.87. The fraction of sp³-hybridized carbons (Fsp3) is 0.519. The lowest BCUT2D eigenvalue weighted by molar-refractivity contribution is -0.144. The van der Waals surface area contributed by atoms with E-state index in [1.54, 1.807) is 20.0 Å². The molecule has 2 aromatic rings. The van der Waals surface area contributed by atoms with Crippen LogP contribution in [0.4, 0.5) is 0 Å². The number of carboxylic acid groups (broad SMARTS) is 2. The van der Waals surface area contributed by atoms with E-state index in [-0.39, 0.29) is 25.2 Å². The van der Waals surface area contributed by atoms with Gasteiger partial charge in [0.2, 0.25) is 17.7 Å². The highest BCUT2D eigenvalue weighted by molar-refractivity contribution is 5.95. The summed E-state index contributed by atoms with van der Waals surface area (Å²) in [6, 6.07) is 3.42. The number of para-hydroxylation sites is 1. The van der Waals surface area contributed by atoms with Crippen molar-refractivity contribution in [3.8, 4) is 0 Å². The lowest BCUT2D eigenvalue weighted by Crippen LogP contribution is -2.57. The van der Waals surface area contributed by atoms with E-state index in [1.807, 2.05) is 24.3 Å². The number of nitrogens with zero attached hydrogens (tertiary/aromatic N) is 1. The van der Waals surface area contributed by atoms with E-state index < -0.39 is 60.2 Å². The quantitative estimate of drug-likeness (QED) is 0.215. The summed E-state index contributed by atoms with van der Waals surface area (Å²) >= 11 is 0. The number of carboxylic acids is 2. The normalized spacial score (nSPS) is 17.5. The Labute approximate surface area is 226 Å². The summed E-state index contributed by atoms with van der Waals surface area (Å²) in [6.07, 6.45) is 2.51. The van der Waals surface area contributed by atoms with Gasteiger partial charge in [-0.2, -0.15) is 0 Å². The molecule has 1 aliphatic heterocycles. The van der Waals surface area contributed by atoms with Gasteiger partial charge in [0, 0.05) is 30.1 Å². The molecule has 0 saturated carbocycles. The zero-order valence-corrected chi connectivity index (χ0v) is 22.2. The minimum Gasteiger partial charge on any atom is -0.481 e. The Kier molecular flexibility index (Phi) is 10.0. The maximum Gasteiger partial charge on any atom is 0.326 e. The highest BCUT2D eigenvalue weighted by Gasteiger charge is 2.38. The standard InChI is InChI=1S/C27H37N5O7/c1-15(2)12-21(27(38)39)31-24(35)20(9-10-23(33)34)30-25(36)22-8-5-11-32(22)26(37)18(28)13-16-14-29-19-7-4-3-6-17(16)19/h3-4,6-7,14-15,18,20-22,29H,5,8-13,28H2,1-2H3,(H,30,36)(H,31,35)(H,33,34)(H,38,39). The van der Waals surface area contributed by atoms with E-state index in [1.165, 1.54) is 4.90 Å². The number of hydrogen-bond donors (Lipinski definition) is 6. The van der Waals surface area contributed by atoms with Crippen molar-refractivity contribution in [3.05, 3.63) is 36.0 Å². The first-order valence-electron chi connectivity index (χ1n) is 13.1. The number of carbonyl (C=O) groups is 5. The molecular weight excluding hydrogens is 506 g/mol. The highest BCUT2D eigenvalue weighted by atomic mass is 16.4. The van der Waals surface area contributed by atoms with Crippen molar-refractivity contribution < 1.29 is 34.2 Å². The lowest BCUT2D eigenvalue weighted by atomic mass is 10.0. The second-order valence-corrected chi connectivity index (χ2v) is 10.4. The zero-order valence-electron chi connectivity index (χ0n) is 22.2. The topological polar surface area (TPSA) is 195 Å². The van der Waals surface area contributed by atoms with Crippen LogP contribution in [0.1, 0.15) is 51.5 Å². The first kappa shape index (κ1) is 29.6. The molecular formula is C27H37N5O7. The van der Waals surface area contributed by atoms with E-state index in [0.29, 0.717) is 19.4 Å². The van der Waals surface area contributed by atoms with Gasteiger partial charge in [-0.25, -0.2) is 4.79 Å². The van der Waals surface area contributed by atoms with Crippen molar-refractivity contribution in [1.82, 2.24) is 20.5 Å². The summed E-state index contributed by atoms with van der Waals surface area (Å²) in [5.74, 6) is -4.21. The zero-order chi connectivity index (χ0) is 28.7. The van der Waals surface area contributed by atoms with Crippen LogP contribution in [0.25, 0.3) is 10.9 Å². The van der Waals surface area contributed by atoms with Gasteiger partial charge in [0.05, 0.1) is 6.04 Å². The molecule has 212 valence electrons. The van der Waals surface area contributed by atoms with E-state index in [4.69, 9.17) is 10.8 Å². The molecule has 39 heavy (non-hydrogen) atoms. The Morgan fingerprint density at radius 1 is 1.10 bits per heavy atom. The van der Waals surface area contributed by atoms with Crippen LogP contribution < -0.4 is 16.4 Å². The number of hydrogen-bond acceptors (Lipinski definition) is 6. The maximum absolute atomic E-state index is 13.3. The lowest BCUT2D eigenvalue weighted by Gasteiger charge is -2.28. The van der Waals surface area contributed by atoms with Gasteiger partial charge in [-0.1, -0.05) is 32.0 Å². The van der Waals surface area contributed by atoms with E-state index >= 15 is 0 Å². The van der Waals surface area contributed by atoms with Crippen LogP contribution in [0.5, 0.6) is 0 Å². The van der Waals surface area contributed by atoms with Crippen molar-refractivity contribution >= 4 is 40.6 Å². The molecule has 4 atom stereocenters. The van der Waals surface area contributed by atoms with Crippen LogP contribution >= 0.6 is 0 Å². The average Bonchev–Trinajstić information content (AvgIpc) is 3.53. The summed E-state index contributed by atoms with van der Waals surface area (Å²) in [6.45, 7) is 3.93. The highest BCUT2D eigenvalue weighted by Crippen LogP contribution is 2.22. The molecule has 0 spiro atoms. The second kappa shape index (κ2) is 13.2. The number of aromatic amines is 1. The molecule has 0 radical (unpaired) electrons. The van der Waals surface area contributed by atoms with Crippen LogP contribution in [-0.2, 0) is 30.4 Å². The molecule has 4 unspecified atom stereocenters. The number of nitrogens with one attached hydrogen (secondary N) is 3. The average molecular weight is 544 g/mol. The molecule has 12 heteroatoms. The number of H-pyrrole nitrogens is 1. The first-order valence-corrected chi connectivity index (χ1v) is 13.1. The van der Waals surface area contributed by atoms with Gasteiger partial charge in [-0.05, 0) is 49.7 Å². The Balaban J connectivity index is 1.69. The third-order valence-electron chi connectivity index (χ3n) is 6.87. The van der Waals surface area contributed by atoms with Crippen LogP contribution in [0, 0.1) is 5.92 Å². The number of aromatic nitrogens is 1. The molecule has 12 nitrogen and oxygen atoms in total. The monoisotopic (exact) mass is 543 g/mol. The van der Waals surface area contributed by atoms with E-state index in [9.17, 15) is 29.1 Å². The SMILES string of the molecule is CC(C)CC(NC(=O)C(CCC(=O)O)NC(=O)C1CCCN1C(=O)C(N)Cc1c[nH]c2ccccc12)C(=O)O. The van der Waals surface area contributed by atoms with Crippen LogP contribution in [-0.4, -0.2) is 80.5 Å². The van der Waals surface area contributed by atoms with Crippen molar-refractivity contribution in [2.75, 3.05) is 6.54 Å². The van der Waals surface area contributed by atoms with Gasteiger partial charge in [-0.15, -0.1) is 0 Å². The number of benzene rings is 1. The molecule has 3 amide bonds. The van der Waals surface area contributed by atoms with Crippen molar-refractivity contribution in [2.24, 2.45) is 11.7 Å². The summed E-state index contributed by atoms with van der Waals surface area (Å²) in [5.41, 5.74) is 8.08. The Morgan fingerprint density at radius 2 is 1.82 bits per heavy atom. The van der Waals surface area contributed by atoms with Crippen LogP contribution in [0.2, 0.25) is 0 Å². The van der Waals surface area contributed by atoms with Crippen LogP contribution in [0.15, 0.2) is 30.5 Å². The Bertz CT molecular complexity index is 1210. The minimum atomic E-state index is -1.28. The van der Waals surface area contributed by atoms with Gasteiger partial charge in [0.15, 0.2) is 0 Å². The number of likely N-dealkylation sites (tertiary alicyclic amines) is 1. The first-order chi connectivity index (χ1) is 18.5. The Hall–Kier alpha value is -3.93. The van der Waals surface area contributed by atoms with Crippen molar-refractivity contribution in [3.63, 3.8) is 0 Å². The van der Waals surface area contributed by atoms with Crippen molar-refractivity contribution in [2.45, 2.75) is 76.5 Å². The van der Waals surface area contributed by atoms with Crippen LogP contribution in [0.3, 0.4) is 0 Å². The molecule has 1 saturated heterocycles. The predicted octanol–water partition coefficient (Wildman–Crippen LogP) is 0.994. The molecule has 0 aliphatic carbocycles. The summed E-state index contributed by atoms with van der Waals surface area (Å²) in [5, 5.41) is 24.5. The van der Waals surface area contributed by atoms with Gasteiger partial charge in [0.1, 0.15) is 18.1 Å². The number of rotatable bonds is 13. The maximum atomic E-state index is 13.3.